The van der Waals surface area contributed by atoms with Crippen molar-refractivity contribution in [2.75, 3.05) is 0 Å². The second-order valence-electron chi connectivity index (χ2n) is 6.50. The maximum Gasteiger partial charge on any atom is 0.519 e. The van der Waals surface area contributed by atoms with Crippen molar-refractivity contribution in [1.29, 1.82) is 0 Å². The van der Waals surface area contributed by atoms with Crippen LogP contribution in [0.25, 0.3) is 0 Å². The summed E-state index contributed by atoms with van der Waals surface area (Å²) in [6.45, 7) is 5.72. The van der Waals surface area contributed by atoms with Crippen molar-refractivity contribution in [3.63, 3.8) is 0 Å². The largest absolute Gasteiger partial charge is 0.519 e. The topological polar surface area (TPSA) is 73.9 Å². The standard InChI is InChI=1S/C19H20BrNO5/c1-19(2,3)21-17(22)24-12-13-4-8-15(9-5-13)25-18(23)26-16-10-6-14(20)7-11-16/h4-11H,12H2,1-3H3,(H,21,22). The predicted octanol–water partition coefficient (Wildman–Crippen LogP) is 5.05. The van der Waals surface area contributed by atoms with E-state index in [0.29, 0.717) is 11.5 Å². The molecule has 7 heteroatoms. The molecule has 0 bridgehead atoms. The molecule has 1 N–H and O–H groups in total. The molecule has 0 spiro atoms. The minimum Gasteiger partial charge on any atom is -0.445 e. The molecule has 0 radical (unpaired) electrons. The Kier molecular flexibility index (Phi) is 6.63. The van der Waals surface area contributed by atoms with Gasteiger partial charge in [-0.3, -0.25) is 0 Å². The number of carbonyl (C=O) groups is 2. The Bertz CT molecular complexity index is 751. The summed E-state index contributed by atoms with van der Waals surface area (Å²) in [6, 6.07) is 13.4. The van der Waals surface area contributed by atoms with Crippen molar-refractivity contribution < 1.29 is 23.8 Å². The number of amides is 1. The fourth-order valence-electron chi connectivity index (χ4n) is 1.86. The van der Waals surface area contributed by atoms with Crippen LogP contribution in [0.4, 0.5) is 9.59 Å². The van der Waals surface area contributed by atoms with Gasteiger partial charge in [-0.1, -0.05) is 28.1 Å². The first-order valence-corrected chi connectivity index (χ1v) is 8.70. The van der Waals surface area contributed by atoms with Gasteiger partial charge in [-0.15, -0.1) is 0 Å². The molecular weight excluding hydrogens is 402 g/mol. The number of ether oxygens (including phenoxy) is 3. The lowest BCUT2D eigenvalue weighted by molar-refractivity contribution is 0.131. The van der Waals surface area contributed by atoms with Crippen LogP contribution in [-0.2, 0) is 11.3 Å². The fourth-order valence-corrected chi connectivity index (χ4v) is 2.13. The van der Waals surface area contributed by atoms with Crippen LogP contribution in [0.3, 0.4) is 0 Å². The molecule has 0 aliphatic rings. The molecule has 0 saturated heterocycles. The molecule has 0 heterocycles. The van der Waals surface area contributed by atoms with Crippen molar-refractivity contribution in [3.8, 4) is 11.5 Å². The smallest absolute Gasteiger partial charge is 0.445 e. The third kappa shape index (κ3) is 7.14. The number of alkyl carbamates (subject to hydrolysis) is 1. The van der Waals surface area contributed by atoms with E-state index >= 15 is 0 Å². The highest BCUT2D eigenvalue weighted by molar-refractivity contribution is 9.10. The molecule has 138 valence electrons. The lowest BCUT2D eigenvalue weighted by Crippen LogP contribution is -2.40. The van der Waals surface area contributed by atoms with E-state index in [2.05, 4.69) is 21.2 Å². The highest BCUT2D eigenvalue weighted by Gasteiger charge is 2.14. The molecule has 2 rings (SSSR count). The van der Waals surface area contributed by atoms with Gasteiger partial charge in [0.2, 0.25) is 0 Å². The third-order valence-corrected chi connectivity index (χ3v) is 3.52. The van der Waals surface area contributed by atoms with E-state index in [1.54, 1.807) is 48.5 Å². The van der Waals surface area contributed by atoms with E-state index in [9.17, 15) is 9.59 Å². The van der Waals surface area contributed by atoms with Crippen molar-refractivity contribution in [2.45, 2.75) is 32.9 Å². The van der Waals surface area contributed by atoms with Gasteiger partial charge in [0.1, 0.15) is 18.1 Å². The summed E-state index contributed by atoms with van der Waals surface area (Å²) < 4.78 is 16.2. The zero-order chi connectivity index (χ0) is 19.2. The van der Waals surface area contributed by atoms with Gasteiger partial charge in [0.15, 0.2) is 0 Å². The molecule has 2 aromatic rings. The second kappa shape index (κ2) is 8.71. The van der Waals surface area contributed by atoms with Crippen LogP contribution < -0.4 is 14.8 Å². The molecule has 0 aliphatic carbocycles. The number of benzene rings is 2. The van der Waals surface area contributed by atoms with Crippen LogP contribution in [0.15, 0.2) is 53.0 Å². The van der Waals surface area contributed by atoms with Crippen LogP contribution in [0.1, 0.15) is 26.3 Å². The third-order valence-electron chi connectivity index (χ3n) is 2.99. The average molecular weight is 422 g/mol. The van der Waals surface area contributed by atoms with Crippen LogP contribution in [0.5, 0.6) is 11.5 Å². The molecule has 0 fully saturated rings. The van der Waals surface area contributed by atoms with Gasteiger partial charge in [-0.05, 0) is 62.7 Å². The van der Waals surface area contributed by atoms with Crippen molar-refractivity contribution >= 4 is 28.2 Å². The van der Waals surface area contributed by atoms with Crippen LogP contribution in [0.2, 0.25) is 0 Å². The number of hydrogen-bond donors (Lipinski definition) is 1. The molecule has 0 unspecified atom stereocenters. The van der Waals surface area contributed by atoms with E-state index < -0.39 is 12.2 Å². The first kappa shape index (κ1) is 19.8. The summed E-state index contributed by atoms with van der Waals surface area (Å²) in [5, 5.41) is 2.70. The van der Waals surface area contributed by atoms with Gasteiger partial charge < -0.3 is 19.5 Å². The zero-order valence-corrected chi connectivity index (χ0v) is 16.3. The van der Waals surface area contributed by atoms with Gasteiger partial charge in [0.05, 0.1) is 0 Å². The second-order valence-corrected chi connectivity index (χ2v) is 7.42. The summed E-state index contributed by atoms with van der Waals surface area (Å²) in [5.74, 6) is 0.711. The number of halogens is 1. The van der Waals surface area contributed by atoms with E-state index in [-0.39, 0.29) is 12.1 Å². The normalized spacial score (nSPS) is 10.8. The number of rotatable bonds is 4. The molecule has 0 atom stereocenters. The van der Waals surface area contributed by atoms with Gasteiger partial charge in [0.25, 0.3) is 0 Å². The number of carbonyl (C=O) groups excluding carboxylic acids is 2. The zero-order valence-electron chi connectivity index (χ0n) is 14.7. The fraction of sp³-hybridized carbons (Fsp3) is 0.263. The minimum absolute atomic E-state index is 0.117. The molecular formula is C19H20BrNO5. The van der Waals surface area contributed by atoms with Gasteiger partial charge >= 0.3 is 12.2 Å². The highest BCUT2D eigenvalue weighted by atomic mass is 79.9. The summed E-state index contributed by atoms with van der Waals surface area (Å²) in [7, 11) is 0. The Morgan fingerprint density at radius 3 is 1.92 bits per heavy atom. The van der Waals surface area contributed by atoms with Gasteiger partial charge in [-0.2, -0.15) is 0 Å². The maximum atomic E-state index is 11.8. The lowest BCUT2D eigenvalue weighted by Gasteiger charge is -2.19. The van der Waals surface area contributed by atoms with Gasteiger partial charge in [0, 0.05) is 10.0 Å². The summed E-state index contributed by atoms with van der Waals surface area (Å²) in [4.78, 5) is 23.4. The van der Waals surface area contributed by atoms with Crippen molar-refractivity contribution in [3.05, 3.63) is 58.6 Å². The molecule has 0 aliphatic heterocycles. The van der Waals surface area contributed by atoms with Crippen LogP contribution in [0, 0.1) is 0 Å². The average Bonchev–Trinajstić information content (AvgIpc) is 2.55. The molecule has 6 nitrogen and oxygen atoms in total. The Balaban J connectivity index is 1.82. The predicted molar refractivity (Wildman–Crippen MR) is 100 cm³/mol. The Morgan fingerprint density at radius 2 is 1.42 bits per heavy atom. The summed E-state index contributed by atoms with van der Waals surface area (Å²) in [6.07, 6.45) is -1.32. The minimum atomic E-state index is -0.833. The maximum absolute atomic E-state index is 11.8. The summed E-state index contributed by atoms with van der Waals surface area (Å²) >= 11 is 3.30. The van der Waals surface area contributed by atoms with Gasteiger partial charge in [-0.25, -0.2) is 9.59 Å². The van der Waals surface area contributed by atoms with E-state index in [0.717, 1.165) is 10.0 Å². The van der Waals surface area contributed by atoms with Crippen molar-refractivity contribution in [1.82, 2.24) is 5.32 Å². The van der Waals surface area contributed by atoms with E-state index in [1.807, 2.05) is 20.8 Å². The SMILES string of the molecule is CC(C)(C)NC(=O)OCc1ccc(OC(=O)Oc2ccc(Br)cc2)cc1. The molecule has 1 amide bonds. The Morgan fingerprint density at radius 1 is 0.923 bits per heavy atom. The number of nitrogens with one attached hydrogen (secondary N) is 1. The van der Waals surface area contributed by atoms with E-state index in [4.69, 9.17) is 14.2 Å². The quantitative estimate of drug-likeness (QED) is 0.551. The Hall–Kier alpha value is -2.54. The summed E-state index contributed by atoms with van der Waals surface area (Å²) in [5.41, 5.74) is 0.409. The molecule has 2 aromatic carbocycles. The van der Waals surface area contributed by atoms with Crippen LogP contribution >= 0.6 is 15.9 Å². The van der Waals surface area contributed by atoms with E-state index in [1.165, 1.54) is 0 Å². The van der Waals surface area contributed by atoms with Crippen LogP contribution in [-0.4, -0.2) is 17.8 Å². The first-order chi connectivity index (χ1) is 12.2. The monoisotopic (exact) mass is 421 g/mol. The highest BCUT2D eigenvalue weighted by Crippen LogP contribution is 2.18. The molecule has 0 aromatic heterocycles. The Labute approximate surface area is 160 Å². The van der Waals surface area contributed by atoms with Crippen molar-refractivity contribution in [2.24, 2.45) is 0 Å². The molecule has 0 saturated carbocycles. The molecule has 26 heavy (non-hydrogen) atoms. The number of hydrogen-bond acceptors (Lipinski definition) is 5. The first-order valence-electron chi connectivity index (χ1n) is 7.90. The lowest BCUT2D eigenvalue weighted by atomic mass is 10.1.